The van der Waals surface area contributed by atoms with Gasteiger partial charge in [-0.15, -0.1) is 11.8 Å². The molecule has 17 heavy (non-hydrogen) atoms. The lowest BCUT2D eigenvalue weighted by atomic mass is 10.3. The molecule has 1 N–H and O–H groups in total. The minimum Gasteiger partial charge on any atom is -0.339 e. The lowest BCUT2D eigenvalue weighted by molar-refractivity contribution is 1.10. The van der Waals surface area contributed by atoms with Crippen molar-refractivity contribution in [2.75, 3.05) is 11.6 Å². The summed E-state index contributed by atoms with van der Waals surface area (Å²) in [7, 11) is 0. The topological polar surface area (TPSA) is 37.8 Å². The molecule has 2 aromatic rings. The van der Waals surface area contributed by atoms with Gasteiger partial charge in [0.2, 0.25) is 5.28 Å². The molecule has 0 spiro atoms. The van der Waals surface area contributed by atoms with Gasteiger partial charge in [-0.1, -0.05) is 29.8 Å². The van der Waals surface area contributed by atoms with Crippen LogP contribution in [0.25, 0.3) is 0 Å². The fourth-order valence-corrected chi connectivity index (χ4v) is 2.44. The molecule has 0 atom stereocenters. The summed E-state index contributed by atoms with van der Waals surface area (Å²) in [6.07, 6.45) is 1.91. The molecule has 0 bridgehead atoms. The molecule has 2 rings (SSSR count). The third-order valence-corrected chi connectivity index (χ3v) is 3.39. The molecule has 1 aromatic heterocycles. The van der Waals surface area contributed by atoms with E-state index in [1.165, 1.54) is 11.8 Å². The predicted molar refractivity (Wildman–Crippen MR) is 73.6 cm³/mol. The van der Waals surface area contributed by atoms with Gasteiger partial charge in [-0.25, -0.2) is 4.98 Å². The van der Waals surface area contributed by atoms with Crippen molar-refractivity contribution >= 4 is 46.5 Å². The number of halogens is 2. The van der Waals surface area contributed by atoms with Crippen LogP contribution in [-0.4, -0.2) is 16.2 Å². The molecule has 1 aromatic carbocycles. The van der Waals surface area contributed by atoms with Crippen LogP contribution in [0.4, 0.5) is 11.5 Å². The van der Waals surface area contributed by atoms with E-state index in [-0.39, 0.29) is 5.28 Å². The largest absolute Gasteiger partial charge is 0.339 e. The fraction of sp³-hybridized carbons (Fsp3) is 0.0909. The Bertz CT molecular complexity index is 520. The molecule has 0 saturated carbocycles. The second-order valence-corrected chi connectivity index (χ2v) is 4.67. The quantitative estimate of drug-likeness (QED) is 0.520. The van der Waals surface area contributed by atoms with Crippen molar-refractivity contribution in [1.29, 1.82) is 0 Å². The van der Waals surface area contributed by atoms with E-state index in [9.17, 15) is 0 Å². The van der Waals surface area contributed by atoms with Crippen LogP contribution in [0, 0.1) is 0 Å². The molecule has 0 amide bonds. The molecule has 0 radical (unpaired) electrons. The number of hydrogen-bond acceptors (Lipinski definition) is 4. The maximum absolute atomic E-state index is 6.00. The smallest absolute Gasteiger partial charge is 0.225 e. The van der Waals surface area contributed by atoms with Gasteiger partial charge in [0, 0.05) is 5.69 Å². The highest BCUT2D eigenvalue weighted by Gasteiger charge is 2.11. The third-order valence-electron chi connectivity index (χ3n) is 2.04. The highest BCUT2D eigenvalue weighted by atomic mass is 35.5. The van der Waals surface area contributed by atoms with E-state index in [2.05, 4.69) is 15.3 Å². The van der Waals surface area contributed by atoms with Gasteiger partial charge >= 0.3 is 0 Å². The zero-order valence-electron chi connectivity index (χ0n) is 8.95. The van der Waals surface area contributed by atoms with Gasteiger partial charge in [0.15, 0.2) is 5.82 Å². The van der Waals surface area contributed by atoms with Gasteiger partial charge in [0.05, 0.1) is 4.90 Å². The lowest BCUT2D eigenvalue weighted by Gasteiger charge is -2.10. The summed E-state index contributed by atoms with van der Waals surface area (Å²) in [5.74, 6) is 0.619. The Morgan fingerprint density at radius 3 is 2.47 bits per heavy atom. The summed E-state index contributed by atoms with van der Waals surface area (Å²) in [6, 6.07) is 9.69. The summed E-state index contributed by atoms with van der Waals surface area (Å²) in [5, 5.41) is 3.65. The first kappa shape index (κ1) is 12.5. The first-order valence-corrected chi connectivity index (χ1v) is 6.78. The van der Waals surface area contributed by atoms with Crippen molar-refractivity contribution in [2.24, 2.45) is 0 Å². The fourth-order valence-electron chi connectivity index (χ4n) is 1.32. The Morgan fingerprint density at radius 1 is 1.12 bits per heavy atom. The van der Waals surface area contributed by atoms with Gasteiger partial charge in [-0.2, -0.15) is 4.98 Å². The van der Waals surface area contributed by atoms with E-state index in [1.807, 2.05) is 36.6 Å². The molecule has 0 fully saturated rings. The highest BCUT2D eigenvalue weighted by molar-refractivity contribution is 7.98. The number of nitrogens with one attached hydrogen (secondary N) is 1. The van der Waals surface area contributed by atoms with Crippen LogP contribution >= 0.6 is 35.0 Å². The SMILES string of the molecule is CSc1c(Cl)nc(Cl)nc1Nc1ccccc1. The Hall–Kier alpha value is -0.970. The van der Waals surface area contributed by atoms with E-state index < -0.39 is 0 Å². The van der Waals surface area contributed by atoms with Gasteiger partial charge in [-0.3, -0.25) is 0 Å². The summed E-state index contributed by atoms with van der Waals surface area (Å²) >= 11 is 13.3. The molecule has 1 heterocycles. The molecular formula is C11H9Cl2N3S. The first-order valence-electron chi connectivity index (χ1n) is 4.80. The van der Waals surface area contributed by atoms with Crippen LogP contribution in [0.1, 0.15) is 0 Å². The molecule has 0 aliphatic carbocycles. The highest BCUT2D eigenvalue weighted by Crippen LogP contribution is 2.32. The average molecular weight is 286 g/mol. The van der Waals surface area contributed by atoms with Gasteiger partial charge < -0.3 is 5.32 Å². The minimum atomic E-state index is 0.131. The van der Waals surface area contributed by atoms with Gasteiger partial charge in [-0.05, 0) is 30.0 Å². The standard InChI is InChI=1S/C11H9Cl2N3S/c1-17-8-9(12)15-11(13)16-10(8)14-7-5-3-2-4-6-7/h2-6H,1H3,(H,14,15,16). The monoisotopic (exact) mass is 285 g/mol. The van der Waals surface area contributed by atoms with E-state index in [0.29, 0.717) is 11.0 Å². The number of anilines is 2. The van der Waals surface area contributed by atoms with Crippen LogP contribution in [0.5, 0.6) is 0 Å². The van der Waals surface area contributed by atoms with Crippen molar-refractivity contribution in [3.8, 4) is 0 Å². The van der Waals surface area contributed by atoms with Crippen LogP contribution in [0.2, 0.25) is 10.4 Å². The predicted octanol–water partition coefficient (Wildman–Crippen LogP) is 4.25. The molecule has 0 saturated heterocycles. The minimum absolute atomic E-state index is 0.131. The summed E-state index contributed by atoms with van der Waals surface area (Å²) in [6.45, 7) is 0. The number of benzene rings is 1. The van der Waals surface area contributed by atoms with E-state index in [0.717, 1.165) is 10.6 Å². The normalized spacial score (nSPS) is 10.3. The first-order chi connectivity index (χ1) is 8.20. The Labute approximate surface area is 114 Å². The summed E-state index contributed by atoms with van der Waals surface area (Å²) in [5.41, 5.74) is 0.925. The third kappa shape index (κ3) is 3.03. The molecule has 88 valence electrons. The van der Waals surface area contributed by atoms with Crippen LogP contribution in [-0.2, 0) is 0 Å². The average Bonchev–Trinajstić information content (AvgIpc) is 2.30. The second-order valence-electron chi connectivity index (χ2n) is 3.16. The molecule has 6 heteroatoms. The van der Waals surface area contributed by atoms with Crippen molar-refractivity contribution in [3.05, 3.63) is 40.8 Å². The van der Waals surface area contributed by atoms with Crippen molar-refractivity contribution in [1.82, 2.24) is 9.97 Å². The molecule has 0 aliphatic rings. The number of para-hydroxylation sites is 1. The lowest BCUT2D eigenvalue weighted by Crippen LogP contribution is -1.98. The Kier molecular flexibility index (Phi) is 4.10. The molecule has 3 nitrogen and oxygen atoms in total. The maximum Gasteiger partial charge on any atom is 0.225 e. The van der Waals surface area contributed by atoms with E-state index in [1.54, 1.807) is 0 Å². The summed E-state index contributed by atoms with van der Waals surface area (Å²) in [4.78, 5) is 8.82. The molecule has 0 unspecified atom stereocenters. The molecule has 0 aliphatic heterocycles. The van der Waals surface area contributed by atoms with Crippen LogP contribution in [0.15, 0.2) is 35.2 Å². The van der Waals surface area contributed by atoms with Crippen LogP contribution < -0.4 is 5.32 Å². The number of thioether (sulfide) groups is 1. The van der Waals surface area contributed by atoms with Crippen molar-refractivity contribution < 1.29 is 0 Å². The zero-order valence-corrected chi connectivity index (χ0v) is 11.3. The van der Waals surface area contributed by atoms with Crippen molar-refractivity contribution in [3.63, 3.8) is 0 Å². The maximum atomic E-state index is 6.00. The van der Waals surface area contributed by atoms with Gasteiger partial charge in [0.1, 0.15) is 5.15 Å². The van der Waals surface area contributed by atoms with Crippen LogP contribution in [0.3, 0.4) is 0 Å². The summed E-state index contributed by atoms with van der Waals surface area (Å²) < 4.78 is 0. The number of aromatic nitrogens is 2. The van der Waals surface area contributed by atoms with Gasteiger partial charge in [0.25, 0.3) is 0 Å². The van der Waals surface area contributed by atoms with E-state index in [4.69, 9.17) is 23.2 Å². The second kappa shape index (κ2) is 5.58. The number of hydrogen-bond donors (Lipinski definition) is 1. The zero-order chi connectivity index (χ0) is 12.3. The van der Waals surface area contributed by atoms with Crippen molar-refractivity contribution in [2.45, 2.75) is 4.90 Å². The number of nitrogens with zero attached hydrogens (tertiary/aromatic N) is 2. The number of rotatable bonds is 3. The van der Waals surface area contributed by atoms with E-state index >= 15 is 0 Å². The Morgan fingerprint density at radius 2 is 1.82 bits per heavy atom. The Balaban J connectivity index is 2.38. The molecular weight excluding hydrogens is 277 g/mol.